The van der Waals surface area contributed by atoms with Crippen LogP contribution in [-0.4, -0.2) is 50.7 Å². The first-order valence-corrected chi connectivity index (χ1v) is 7.13. The monoisotopic (exact) mass is 247 g/mol. The van der Waals surface area contributed by atoms with Crippen LogP contribution in [0.1, 0.15) is 13.3 Å². The van der Waals surface area contributed by atoms with Crippen molar-refractivity contribution in [2.45, 2.75) is 13.3 Å². The van der Waals surface area contributed by atoms with E-state index in [9.17, 15) is 0 Å². The zero-order chi connectivity index (χ0) is 12.6. The van der Waals surface area contributed by atoms with Crippen molar-refractivity contribution in [1.29, 1.82) is 0 Å². The lowest BCUT2D eigenvalue weighted by Gasteiger charge is -2.36. The lowest BCUT2D eigenvalue weighted by molar-refractivity contribution is 0.254. The molecule has 1 fully saturated rings. The molecule has 0 saturated carbocycles. The van der Waals surface area contributed by atoms with E-state index in [0.29, 0.717) is 0 Å². The van der Waals surface area contributed by atoms with Gasteiger partial charge in [0.2, 0.25) is 0 Å². The Morgan fingerprint density at radius 2 is 1.78 bits per heavy atom. The maximum atomic E-state index is 3.39. The molecule has 0 bridgehead atoms. The summed E-state index contributed by atoms with van der Waals surface area (Å²) < 4.78 is 0. The van der Waals surface area contributed by atoms with Gasteiger partial charge in [0.15, 0.2) is 0 Å². The Hall–Kier alpha value is -1.06. The predicted molar refractivity (Wildman–Crippen MR) is 78.3 cm³/mol. The minimum absolute atomic E-state index is 1.09. The highest BCUT2D eigenvalue weighted by molar-refractivity contribution is 5.46. The molecule has 0 unspecified atom stereocenters. The van der Waals surface area contributed by atoms with Gasteiger partial charge in [0.05, 0.1) is 0 Å². The Bertz CT molecular complexity index is 318. The second-order valence-electron chi connectivity index (χ2n) is 4.87. The first kappa shape index (κ1) is 13.4. The molecule has 1 heterocycles. The maximum absolute atomic E-state index is 3.39. The molecular formula is C15H25N3. The van der Waals surface area contributed by atoms with Gasteiger partial charge in [0.1, 0.15) is 0 Å². The third-order valence-electron chi connectivity index (χ3n) is 3.57. The number of nitrogens with one attached hydrogen (secondary N) is 1. The predicted octanol–water partition coefficient (Wildman–Crippen LogP) is 1.81. The van der Waals surface area contributed by atoms with Crippen LogP contribution in [0.3, 0.4) is 0 Å². The van der Waals surface area contributed by atoms with E-state index in [-0.39, 0.29) is 0 Å². The van der Waals surface area contributed by atoms with Crippen molar-refractivity contribution < 1.29 is 0 Å². The molecule has 18 heavy (non-hydrogen) atoms. The summed E-state index contributed by atoms with van der Waals surface area (Å²) in [7, 11) is 0. The van der Waals surface area contributed by atoms with E-state index >= 15 is 0 Å². The molecular weight excluding hydrogens is 222 g/mol. The van der Waals surface area contributed by atoms with Gasteiger partial charge in [-0.3, -0.25) is 4.90 Å². The summed E-state index contributed by atoms with van der Waals surface area (Å²) in [6.45, 7) is 10.3. The van der Waals surface area contributed by atoms with E-state index < -0.39 is 0 Å². The van der Waals surface area contributed by atoms with Crippen LogP contribution in [0.4, 0.5) is 5.69 Å². The Balaban J connectivity index is 1.68. The Morgan fingerprint density at radius 3 is 2.44 bits per heavy atom. The Labute approximate surface area is 111 Å². The Kier molecular flexibility index (Phi) is 5.49. The van der Waals surface area contributed by atoms with Crippen LogP contribution >= 0.6 is 0 Å². The van der Waals surface area contributed by atoms with Crippen molar-refractivity contribution in [3.63, 3.8) is 0 Å². The van der Waals surface area contributed by atoms with Gasteiger partial charge in [-0.25, -0.2) is 0 Å². The highest BCUT2D eigenvalue weighted by atomic mass is 15.3. The van der Waals surface area contributed by atoms with Gasteiger partial charge in [-0.15, -0.1) is 0 Å². The van der Waals surface area contributed by atoms with Crippen LogP contribution in [-0.2, 0) is 0 Å². The summed E-state index contributed by atoms with van der Waals surface area (Å²) >= 11 is 0. The molecule has 1 N–H and O–H groups in total. The first-order valence-electron chi connectivity index (χ1n) is 7.13. The van der Waals surface area contributed by atoms with Crippen LogP contribution in [0.15, 0.2) is 30.3 Å². The van der Waals surface area contributed by atoms with E-state index in [2.05, 4.69) is 52.4 Å². The molecule has 1 aromatic rings. The fourth-order valence-corrected chi connectivity index (χ4v) is 2.47. The van der Waals surface area contributed by atoms with Crippen LogP contribution in [0.5, 0.6) is 0 Å². The summed E-state index contributed by atoms with van der Waals surface area (Å²) in [4.78, 5) is 5.07. The second-order valence-corrected chi connectivity index (χ2v) is 4.87. The fourth-order valence-electron chi connectivity index (χ4n) is 2.47. The minimum atomic E-state index is 1.09. The average molecular weight is 247 g/mol. The molecule has 1 aliphatic heterocycles. The molecule has 0 aliphatic carbocycles. The summed E-state index contributed by atoms with van der Waals surface area (Å²) in [5.41, 5.74) is 1.37. The van der Waals surface area contributed by atoms with E-state index in [1.165, 1.54) is 31.7 Å². The third-order valence-corrected chi connectivity index (χ3v) is 3.57. The summed E-state index contributed by atoms with van der Waals surface area (Å²) in [5, 5.41) is 3.39. The number of rotatable bonds is 6. The van der Waals surface area contributed by atoms with E-state index in [0.717, 1.165) is 26.2 Å². The quantitative estimate of drug-likeness (QED) is 0.774. The molecule has 100 valence electrons. The summed E-state index contributed by atoms with van der Waals surface area (Å²) in [6.07, 6.45) is 1.26. The Morgan fingerprint density at radius 1 is 1.06 bits per heavy atom. The van der Waals surface area contributed by atoms with Crippen molar-refractivity contribution in [2.75, 3.05) is 50.7 Å². The molecule has 0 amide bonds. The van der Waals surface area contributed by atoms with Crippen molar-refractivity contribution in [3.05, 3.63) is 30.3 Å². The molecule has 1 aromatic carbocycles. The molecule has 0 radical (unpaired) electrons. The molecule has 3 heteroatoms. The van der Waals surface area contributed by atoms with Crippen molar-refractivity contribution in [3.8, 4) is 0 Å². The average Bonchev–Trinajstić information content (AvgIpc) is 2.45. The maximum Gasteiger partial charge on any atom is 0.0367 e. The number of piperazine rings is 1. The molecule has 3 nitrogen and oxygen atoms in total. The van der Waals surface area contributed by atoms with Gasteiger partial charge < -0.3 is 10.2 Å². The molecule has 1 aliphatic rings. The fraction of sp³-hybridized carbons (Fsp3) is 0.600. The smallest absolute Gasteiger partial charge is 0.0367 e. The van der Waals surface area contributed by atoms with E-state index in [1.807, 2.05) is 0 Å². The topological polar surface area (TPSA) is 18.5 Å². The zero-order valence-electron chi connectivity index (χ0n) is 11.4. The van der Waals surface area contributed by atoms with Gasteiger partial charge in [-0.05, 0) is 38.2 Å². The molecule has 2 rings (SSSR count). The largest absolute Gasteiger partial charge is 0.369 e. The van der Waals surface area contributed by atoms with Crippen molar-refractivity contribution in [1.82, 2.24) is 10.2 Å². The molecule has 0 atom stereocenters. The number of anilines is 1. The van der Waals surface area contributed by atoms with Crippen LogP contribution in [0.25, 0.3) is 0 Å². The standard InChI is InChI=1S/C15H25N3/c1-2-16-9-6-10-17-11-13-18(14-12-17)15-7-4-3-5-8-15/h3-5,7-8,16H,2,6,9-14H2,1H3. The van der Waals surface area contributed by atoms with Gasteiger partial charge in [-0.2, -0.15) is 0 Å². The summed E-state index contributed by atoms with van der Waals surface area (Å²) in [6, 6.07) is 10.7. The number of nitrogens with zero attached hydrogens (tertiary/aromatic N) is 2. The lowest BCUT2D eigenvalue weighted by atomic mass is 10.2. The number of hydrogen-bond donors (Lipinski definition) is 1. The SMILES string of the molecule is CCNCCCN1CCN(c2ccccc2)CC1. The molecule has 0 spiro atoms. The number of para-hydroxylation sites is 1. The summed E-state index contributed by atoms with van der Waals surface area (Å²) in [5.74, 6) is 0. The zero-order valence-corrected chi connectivity index (χ0v) is 11.4. The minimum Gasteiger partial charge on any atom is -0.369 e. The number of benzene rings is 1. The normalized spacial score (nSPS) is 17.1. The molecule has 0 aromatic heterocycles. The van der Waals surface area contributed by atoms with Gasteiger partial charge in [0.25, 0.3) is 0 Å². The van der Waals surface area contributed by atoms with Gasteiger partial charge in [-0.1, -0.05) is 25.1 Å². The second kappa shape index (κ2) is 7.39. The van der Waals surface area contributed by atoms with Gasteiger partial charge >= 0.3 is 0 Å². The van der Waals surface area contributed by atoms with E-state index in [4.69, 9.17) is 0 Å². The van der Waals surface area contributed by atoms with Crippen LogP contribution in [0, 0.1) is 0 Å². The van der Waals surface area contributed by atoms with Gasteiger partial charge in [0, 0.05) is 31.9 Å². The van der Waals surface area contributed by atoms with Crippen molar-refractivity contribution >= 4 is 5.69 Å². The highest BCUT2D eigenvalue weighted by Gasteiger charge is 2.16. The van der Waals surface area contributed by atoms with E-state index in [1.54, 1.807) is 0 Å². The highest BCUT2D eigenvalue weighted by Crippen LogP contribution is 2.15. The number of hydrogen-bond acceptors (Lipinski definition) is 3. The third kappa shape index (κ3) is 4.00. The first-order chi connectivity index (χ1) is 8.90. The lowest BCUT2D eigenvalue weighted by Crippen LogP contribution is -2.46. The molecule has 1 saturated heterocycles. The van der Waals surface area contributed by atoms with Crippen LogP contribution in [0.2, 0.25) is 0 Å². The van der Waals surface area contributed by atoms with Crippen LogP contribution < -0.4 is 10.2 Å². The van der Waals surface area contributed by atoms with Crippen molar-refractivity contribution in [2.24, 2.45) is 0 Å².